The van der Waals surface area contributed by atoms with Crippen molar-refractivity contribution in [1.82, 2.24) is 40.0 Å². The number of H-pyrrole nitrogens is 2. The maximum Gasteiger partial charge on any atom is 0.407 e. The normalized spacial score (nSPS) is 28.1. The number of likely N-dealkylation sites (N-methyl/N-ethyl adjacent to an activating group) is 1. The summed E-state index contributed by atoms with van der Waals surface area (Å²) < 4.78 is 16.1. The zero-order chi connectivity index (χ0) is 45.6. The summed E-state index contributed by atoms with van der Waals surface area (Å²) in [5.41, 5.74) is 4.95. The van der Waals surface area contributed by atoms with Crippen LogP contribution in [0.5, 0.6) is 0 Å². The van der Waals surface area contributed by atoms with E-state index in [2.05, 4.69) is 53.1 Å². The number of alkyl carbamates (subject to hydrolysis) is 1. The second-order valence-electron chi connectivity index (χ2n) is 20.2. The standard InChI is InChI=1S/C50H56N8O8/c1-49-23-36(57(38(49)25-49)45(59)40(55-47(61)64-4)29-13-17-65-18-14-29)43-51-33-11-8-28(22-35(33)53-43)6-5-27-7-10-32-31(21-27)9-12-34-41(32)54-44(52-34)37-24-50(2)26-39(50)58(37)46(60)42(56(3)48(62)63)30-15-19-66-20-16-30/h7-12,21-22,29-30,36-40,42H,13-20,23-26H2,1-4H3,(H,51,53)(H,52,54)(H,55,61)(H,62,63)/t36-,37-,38?,39?,40-,42-,49-,50-/m0/s1. The summed E-state index contributed by atoms with van der Waals surface area (Å²) in [4.78, 5) is 76.0. The summed E-state index contributed by atoms with van der Waals surface area (Å²) in [6, 6.07) is 14.2. The lowest BCUT2D eigenvalue weighted by molar-refractivity contribution is -0.141. The van der Waals surface area contributed by atoms with E-state index in [1.54, 1.807) is 0 Å². The Hall–Kier alpha value is -6.18. The topological polar surface area (TPSA) is 195 Å². The molecule has 6 heterocycles. The number of hydrogen-bond donors (Lipinski definition) is 4. The summed E-state index contributed by atoms with van der Waals surface area (Å²) in [7, 11) is 2.82. The number of ether oxygens (including phenoxy) is 3. The van der Waals surface area contributed by atoms with Crippen LogP contribution in [0, 0.1) is 34.5 Å². The molecule has 4 saturated heterocycles. The van der Waals surface area contributed by atoms with E-state index >= 15 is 0 Å². The first-order valence-electron chi connectivity index (χ1n) is 23.4. The van der Waals surface area contributed by atoms with Crippen LogP contribution in [0.15, 0.2) is 48.5 Å². The molecule has 16 heteroatoms. The largest absolute Gasteiger partial charge is 0.465 e. The van der Waals surface area contributed by atoms with Crippen molar-refractivity contribution < 1.29 is 38.5 Å². The minimum atomic E-state index is -1.11. The SMILES string of the molecule is COC(=O)N[C@H](C(=O)N1C2C[C@]2(C)C[C@H]1c1nc2ccc(C#Cc3ccc4c(ccc5[nH]c([C@@H]6C[C@@]7(C)CC7N6C(=O)[C@H](C6CCOCC6)N(C)C(=O)O)nc54)c3)cc2[nH]1)C1CCOCC1. The van der Waals surface area contributed by atoms with Gasteiger partial charge in [0.2, 0.25) is 11.8 Å². The molecule has 2 saturated carbocycles. The summed E-state index contributed by atoms with van der Waals surface area (Å²) in [6.45, 7) is 6.56. The van der Waals surface area contributed by atoms with Crippen molar-refractivity contribution in [1.29, 1.82) is 0 Å². The second-order valence-corrected chi connectivity index (χ2v) is 20.2. The van der Waals surface area contributed by atoms with Gasteiger partial charge in [0.25, 0.3) is 0 Å². The number of rotatable bonds is 8. The number of carboxylic acid groups (broad SMARTS) is 1. The minimum Gasteiger partial charge on any atom is -0.465 e. The van der Waals surface area contributed by atoms with Crippen molar-refractivity contribution >= 4 is 56.8 Å². The average molecular weight is 897 g/mol. The Morgan fingerprint density at radius 3 is 2.03 bits per heavy atom. The number of imidazole rings is 2. The number of benzene rings is 3. The fraction of sp³-hybridized carbons (Fsp3) is 0.520. The molecule has 16 nitrogen and oxygen atoms in total. The van der Waals surface area contributed by atoms with Gasteiger partial charge in [-0.3, -0.25) is 14.5 Å². The van der Waals surface area contributed by atoms with E-state index in [9.17, 15) is 24.3 Å². The number of likely N-dealkylation sites (tertiary alicyclic amines) is 2. The molecule has 8 atom stereocenters. The summed E-state index contributed by atoms with van der Waals surface area (Å²) in [5.74, 6) is 7.73. The number of carbonyl (C=O) groups excluding carboxylic acids is 3. The molecule has 6 fully saturated rings. The van der Waals surface area contributed by atoms with Gasteiger partial charge in [-0.05, 0) is 116 Å². The molecule has 3 aromatic carbocycles. The van der Waals surface area contributed by atoms with Crippen molar-refractivity contribution in [3.63, 3.8) is 0 Å². The number of nitrogens with one attached hydrogen (secondary N) is 3. The van der Waals surface area contributed by atoms with Gasteiger partial charge in [0.1, 0.15) is 23.7 Å². The van der Waals surface area contributed by atoms with Gasteiger partial charge in [-0.2, -0.15) is 0 Å². The van der Waals surface area contributed by atoms with E-state index < -0.39 is 24.3 Å². The highest BCUT2D eigenvalue weighted by atomic mass is 16.5. The molecule has 344 valence electrons. The van der Waals surface area contributed by atoms with Crippen LogP contribution in [0.3, 0.4) is 0 Å². The van der Waals surface area contributed by atoms with Crippen molar-refractivity contribution in [2.75, 3.05) is 40.6 Å². The number of carbonyl (C=O) groups is 4. The van der Waals surface area contributed by atoms with Crippen LogP contribution in [0.25, 0.3) is 32.8 Å². The molecule has 11 rings (SSSR count). The maximum absolute atomic E-state index is 14.6. The summed E-state index contributed by atoms with van der Waals surface area (Å²) in [5, 5.41) is 14.9. The van der Waals surface area contributed by atoms with Crippen LogP contribution in [0.4, 0.5) is 9.59 Å². The Kier molecular flexibility index (Phi) is 10.3. The highest BCUT2D eigenvalue weighted by molar-refractivity contribution is 6.04. The molecule has 2 aromatic heterocycles. The number of piperidine rings is 2. The Labute approximate surface area is 382 Å². The van der Waals surface area contributed by atoms with Gasteiger partial charge in [0.15, 0.2) is 0 Å². The molecule has 5 aromatic rings. The molecule has 4 amide bonds. The number of hydrogen-bond acceptors (Lipinski definition) is 9. The van der Waals surface area contributed by atoms with Crippen molar-refractivity contribution in [2.24, 2.45) is 22.7 Å². The van der Waals surface area contributed by atoms with Crippen LogP contribution in [-0.4, -0.2) is 128 Å². The van der Waals surface area contributed by atoms with Gasteiger partial charge < -0.3 is 44.4 Å². The highest BCUT2D eigenvalue weighted by Crippen LogP contribution is 2.64. The molecule has 66 heavy (non-hydrogen) atoms. The van der Waals surface area contributed by atoms with E-state index in [0.717, 1.165) is 81.3 Å². The van der Waals surface area contributed by atoms with Crippen LogP contribution in [-0.2, 0) is 23.8 Å². The van der Waals surface area contributed by atoms with E-state index in [4.69, 9.17) is 24.2 Å². The molecule has 2 unspecified atom stereocenters. The zero-order valence-corrected chi connectivity index (χ0v) is 37.8. The number of methoxy groups -OCH3 is 1. The Morgan fingerprint density at radius 1 is 0.788 bits per heavy atom. The van der Waals surface area contributed by atoms with E-state index in [-0.39, 0.29) is 58.6 Å². The lowest BCUT2D eigenvalue weighted by Gasteiger charge is -2.38. The van der Waals surface area contributed by atoms with Crippen LogP contribution in [0.1, 0.15) is 100 Å². The Morgan fingerprint density at radius 2 is 1.38 bits per heavy atom. The van der Waals surface area contributed by atoms with E-state index in [0.29, 0.717) is 52.1 Å². The van der Waals surface area contributed by atoms with Gasteiger partial charge in [-0.25, -0.2) is 19.6 Å². The number of amides is 4. The van der Waals surface area contributed by atoms with Crippen molar-refractivity contribution in [2.45, 2.75) is 101 Å². The first-order valence-corrected chi connectivity index (χ1v) is 23.4. The summed E-state index contributed by atoms with van der Waals surface area (Å²) >= 11 is 0. The molecular formula is C50H56N8O8. The molecule has 0 radical (unpaired) electrons. The number of fused-ring (bicyclic) bond motifs is 6. The minimum absolute atomic E-state index is 0.000332. The van der Waals surface area contributed by atoms with Crippen molar-refractivity contribution in [3.8, 4) is 11.8 Å². The molecule has 6 aliphatic rings. The van der Waals surface area contributed by atoms with Crippen molar-refractivity contribution in [3.05, 3.63) is 71.3 Å². The first-order chi connectivity index (χ1) is 31.8. The molecule has 4 aliphatic heterocycles. The smallest absolute Gasteiger partial charge is 0.407 e. The van der Waals surface area contributed by atoms with Crippen LogP contribution in [0.2, 0.25) is 0 Å². The second kappa shape index (κ2) is 16.0. The molecule has 2 aliphatic carbocycles. The van der Waals surface area contributed by atoms with Gasteiger partial charge in [-0.1, -0.05) is 37.8 Å². The molecule has 0 bridgehead atoms. The number of aromatic nitrogens is 4. The van der Waals surface area contributed by atoms with Crippen LogP contribution >= 0.6 is 0 Å². The van der Waals surface area contributed by atoms with E-state index in [1.165, 1.54) is 19.1 Å². The third-order valence-corrected chi connectivity index (χ3v) is 15.9. The number of aromatic amines is 2. The average Bonchev–Trinajstić information content (AvgIpc) is 3.79. The molecular weight excluding hydrogens is 841 g/mol. The monoisotopic (exact) mass is 896 g/mol. The first kappa shape index (κ1) is 42.5. The predicted octanol–water partition coefficient (Wildman–Crippen LogP) is 6.65. The highest BCUT2D eigenvalue weighted by Gasteiger charge is 2.66. The molecule has 0 spiro atoms. The lowest BCUT2D eigenvalue weighted by atomic mass is 9.89. The fourth-order valence-electron chi connectivity index (χ4n) is 11.9. The van der Waals surface area contributed by atoms with Crippen LogP contribution < -0.4 is 5.32 Å². The number of nitrogens with zero attached hydrogens (tertiary/aromatic N) is 5. The summed E-state index contributed by atoms with van der Waals surface area (Å²) in [6.07, 6.45) is 4.28. The third kappa shape index (κ3) is 7.31. The maximum atomic E-state index is 14.6. The van der Waals surface area contributed by atoms with Gasteiger partial charge in [0.05, 0.1) is 41.3 Å². The Bertz CT molecular complexity index is 2850. The predicted molar refractivity (Wildman–Crippen MR) is 243 cm³/mol. The Balaban J connectivity index is 0.831. The van der Waals surface area contributed by atoms with Gasteiger partial charge in [-0.15, -0.1) is 0 Å². The van der Waals surface area contributed by atoms with Gasteiger partial charge in [0, 0.05) is 62.1 Å². The zero-order valence-electron chi connectivity index (χ0n) is 37.8. The van der Waals surface area contributed by atoms with E-state index in [1.807, 2.05) is 46.2 Å². The lowest BCUT2D eigenvalue weighted by Crippen LogP contribution is -2.54. The third-order valence-electron chi connectivity index (χ3n) is 15.9. The quantitative estimate of drug-likeness (QED) is 0.123. The van der Waals surface area contributed by atoms with Gasteiger partial charge >= 0.3 is 12.2 Å². The molecule has 4 N–H and O–H groups in total. The fourth-order valence-corrected chi connectivity index (χ4v) is 11.9.